The first-order chi connectivity index (χ1) is 14.1. The third kappa shape index (κ3) is 3.76. The van der Waals surface area contributed by atoms with Crippen molar-refractivity contribution in [3.05, 3.63) is 52.9 Å². The predicted molar refractivity (Wildman–Crippen MR) is 106 cm³/mol. The van der Waals surface area contributed by atoms with Crippen molar-refractivity contribution in [1.82, 2.24) is 0 Å². The number of hydrogen-bond acceptors (Lipinski definition) is 7. The van der Waals surface area contributed by atoms with Gasteiger partial charge in [-0.05, 0) is 36.8 Å². The number of ether oxygens (including phenoxy) is 4. The highest BCUT2D eigenvalue weighted by atomic mass is 16.6. The maximum Gasteiger partial charge on any atom is 0.346 e. The third-order valence-corrected chi connectivity index (χ3v) is 4.65. The number of fused-ring (bicyclic) bond motifs is 2. The Kier molecular flexibility index (Phi) is 5.12. The lowest BCUT2D eigenvalue weighted by Gasteiger charge is -2.13. The molecule has 0 N–H and O–H groups in total. The van der Waals surface area contributed by atoms with Gasteiger partial charge in [0.2, 0.25) is 0 Å². The number of esters is 1. The van der Waals surface area contributed by atoms with E-state index in [1.807, 2.05) is 0 Å². The average molecular weight is 396 g/mol. The van der Waals surface area contributed by atoms with E-state index < -0.39 is 12.1 Å². The van der Waals surface area contributed by atoms with Crippen LogP contribution in [0.4, 0.5) is 0 Å². The highest BCUT2D eigenvalue weighted by Crippen LogP contribution is 2.34. The van der Waals surface area contributed by atoms with Crippen molar-refractivity contribution in [3.8, 4) is 28.4 Å². The molecule has 0 radical (unpaired) electrons. The standard InChI is InChI=1S/C22H20O7/c1-13(22(24)25-2)29-15-5-6-16-19(11-15)28-12-17(21(16)23)14-4-7-18-20(10-14)27-9-3-8-26-18/h4-7,10-13H,3,8-9H2,1-2H3. The lowest BCUT2D eigenvalue weighted by molar-refractivity contribution is -0.147. The zero-order valence-corrected chi connectivity index (χ0v) is 16.1. The number of carbonyl (C=O) groups is 1. The SMILES string of the molecule is COC(=O)C(C)Oc1ccc2c(=O)c(-c3ccc4c(c3)OCCCO4)coc2c1. The minimum atomic E-state index is -0.773. The number of benzene rings is 2. The average Bonchev–Trinajstić information content (AvgIpc) is 2.98. The molecule has 1 aromatic heterocycles. The van der Waals surface area contributed by atoms with Crippen LogP contribution in [0.3, 0.4) is 0 Å². The zero-order valence-electron chi connectivity index (χ0n) is 16.1. The van der Waals surface area contributed by atoms with E-state index in [1.165, 1.54) is 13.4 Å². The van der Waals surface area contributed by atoms with E-state index in [2.05, 4.69) is 4.74 Å². The Morgan fingerprint density at radius 2 is 1.86 bits per heavy atom. The summed E-state index contributed by atoms with van der Waals surface area (Å²) in [5.74, 6) is 1.19. The summed E-state index contributed by atoms with van der Waals surface area (Å²) in [6.45, 7) is 2.75. The highest BCUT2D eigenvalue weighted by molar-refractivity contribution is 5.83. The minimum absolute atomic E-state index is 0.173. The fourth-order valence-corrected chi connectivity index (χ4v) is 3.13. The number of hydrogen-bond donors (Lipinski definition) is 0. The first-order valence-corrected chi connectivity index (χ1v) is 9.27. The monoisotopic (exact) mass is 396 g/mol. The molecule has 7 nitrogen and oxygen atoms in total. The Labute approximate surface area is 166 Å². The molecule has 1 aliphatic rings. The number of methoxy groups -OCH3 is 1. The molecule has 1 unspecified atom stereocenters. The molecule has 29 heavy (non-hydrogen) atoms. The van der Waals surface area contributed by atoms with Crippen LogP contribution in [0.1, 0.15) is 13.3 Å². The van der Waals surface area contributed by atoms with Crippen LogP contribution in [-0.4, -0.2) is 32.4 Å². The summed E-state index contributed by atoms with van der Waals surface area (Å²) in [6, 6.07) is 10.2. The van der Waals surface area contributed by atoms with Crippen molar-refractivity contribution in [3.63, 3.8) is 0 Å². The minimum Gasteiger partial charge on any atom is -0.490 e. The van der Waals surface area contributed by atoms with Gasteiger partial charge in [0.25, 0.3) is 0 Å². The van der Waals surface area contributed by atoms with Crippen LogP contribution in [-0.2, 0) is 9.53 Å². The topological polar surface area (TPSA) is 84.2 Å². The lowest BCUT2D eigenvalue weighted by Crippen LogP contribution is -2.24. The summed E-state index contributed by atoms with van der Waals surface area (Å²) >= 11 is 0. The van der Waals surface area contributed by atoms with Gasteiger partial charge in [-0.1, -0.05) is 6.07 Å². The lowest BCUT2D eigenvalue weighted by atomic mass is 10.0. The van der Waals surface area contributed by atoms with E-state index in [9.17, 15) is 9.59 Å². The summed E-state index contributed by atoms with van der Waals surface area (Å²) in [4.78, 5) is 24.5. The van der Waals surface area contributed by atoms with E-state index in [0.29, 0.717) is 52.6 Å². The van der Waals surface area contributed by atoms with Gasteiger partial charge >= 0.3 is 5.97 Å². The molecule has 0 aliphatic carbocycles. The zero-order chi connectivity index (χ0) is 20.4. The second-order valence-electron chi connectivity index (χ2n) is 6.63. The molecule has 150 valence electrons. The summed E-state index contributed by atoms with van der Waals surface area (Å²) < 4.78 is 27.2. The van der Waals surface area contributed by atoms with Gasteiger partial charge in [-0.2, -0.15) is 0 Å². The third-order valence-electron chi connectivity index (χ3n) is 4.65. The quantitative estimate of drug-likeness (QED) is 0.624. The molecule has 0 fully saturated rings. The summed E-state index contributed by atoms with van der Waals surface area (Å²) in [5.41, 5.74) is 1.30. The number of carbonyl (C=O) groups excluding carboxylic acids is 1. The van der Waals surface area contributed by atoms with Crippen molar-refractivity contribution in [2.75, 3.05) is 20.3 Å². The van der Waals surface area contributed by atoms with Crippen LogP contribution in [0.5, 0.6) is 17.2 Å². The second-order valence-corrected chi connectivity index (χ2v) is 6.63. The van der Waals surface area contributed by atoms with Gasteiger partial charge in [-0.25, -0.2) is 4.79 Å². The Balaban J connectivity index is 1.68. The van der Waals surface area contributed by atoms with Gasteiger partial charge in [0.05, 0.1) is 31.3 Å². The number of rotatable bonds is 4. The predicted octanol–water partition coefficient (Wildman–Crippen LogP) is 3.56. The molecule has 2 aromatic carbocycles. The van der Waals surface area contributed by atoms with Crippen molar-refractivity contribution >= 4 is 16.9 Å². The van der Waals surface area contributed by atoms with Gasteiger partial charge < -0.3 is 23.4 Å². The van der Waals surface area contributed by atoms with Gasteiger partial charge in [-0.15, -0.1) is 0 Å². The van der Waals surface area contributed by atoms with Crippen LogP contribution < -0.4 is 19.6 Å². The molecule has 0 bridgehead atoms. The fourth-order valence-electron chi connectivity index (χ4n) is 3.13. The highest BCUT2D eigenvalue weighted by Gasteiger charge is 2.17. The van der Waals surface area contributed by atoms with Gasteiger partial charge in [0.1, 0.15) is 17.6 Å². The fraction of sp³-hybridized carbons (Fsp3) is 0.273. The Morgan fingerprint density at radius 3 is 2.66 bits per heavy atom. The van der Waals surface area contributed by atoms with Crippen LogP contribution in [0.25, 0.3) is 22.1 Å². The van der Waals surface area contributed by atoms with Gasteiger partial charge in [0, 0.05) is 12.5 Å². The Hall–Kier alpha value is -3.48. The molecule has 0 saturated carbocycles. The summed E-state index contributed by atoms with van der Waals surface area (Å²) in [7, 11) is 1.29. The summed E-state index contributed by atoms with van der Waals surface area (Å²) in [6.07, 6.45) is 1.45. The molecule has 3 aromatic rings. The normalized spacial score (nSPS) is 14.1. The van der Waals surface area contributed by atoms with Gasteiger partial charge in [0.15, 0.2) is 23.0 Å². The molecular formula is C22H20O7. The van der Waals surface area contributed by atoms with Crippen LogP contribution in [0.15, 0.2) is 51.9 Å². The van der Waals surface area contributed by atoms with Crippen molar-refractivity contribution in [2.45, 2.75) is 19.4 Å². The molecule has 2 heterocycles. The van der Waals surface area contributed by atoms with Crippen molar-refractivity contribution in [2.24, 2.45) is 0 Å². The maximum absolute atomic E-state index is 13.0. The van der Waals surface area contributed by atoms with E-state index in [1.54, 1.807) is 43.3 Å². The van der Waals surface area contributed by atoms with Crippen molar-refractivity contribution in [1.29, 1.82) is 0 Å². The van der Waals surface area contributed by atoms with Crippen LogP contribution in [0.2, 0.25) is 0 Å². The first kappa shape index (κ1) is 18.9. The summed E-state index contributed by atoms with van der Waals surface area (Å²) in [5, 5.41) is 0.410. The molecule has 4 rings (SSSR count). The second kappa shape index (κ2) is 7.87. The maximum atomic E-state index is 13.0. The van der Waals surface area contributed by atoms with Gasteiger partial charge in [-0.3, -0.25) is 4.79 Å². The van der Waals surface area contributed by atoms with Crippen LogP contribution >= 0.6 is 0 Å². The van der Waals surface area contributed by atoms with Crippen molar-refractivity contribution < 1.29 is 28.2 Å². The largest absolute Gasteiger partial charge is 0.490 e. The molecule has 0 amide bonds. The molecule has 1 aliphatic heterocycles. The smallest absolute Gasteiger partial charge is 0.346 e. The molecule has 0 saturated heterocycles. The molecule has 7 heteroatoms. The van der Waals surface area contributed by atoms with E-state index >= 15 is 0 Å². The molecular weight excluding hydrogens is 376 g/mol. The Morgan fingerprint density at radius 1 is 1.07 bits per heavy atom. The van der Waals surface area contributed by atoms with E-state index in [0.717, 1.165) is 6.42 Å². The first-order valence-electron chi connectivity index (χ1n) is 9.27. The Bertz CT molecular complexity index is 1120. The molecule has 1 atom stereocenters. The van der Waals surface area contributed by atoms with E-state index in [-0.39, 0.29) is 5.43 Å². The molecule has 0 spiro atoms. The van der Waals surface area contributed by atoms with E-state index in [4.69, 9.17) is 18.6 Å². The van der Waals surface area contributed by atoms with Crippen LogP contribution in [0, 0.1) is 0 Å².